The molecule has 1 aliphatic heterocycles. The molecule has 0 saturated carbocycles. The molecule has 2 rings (SSSR count). The van der Waals surface area contributed by atoms with E-state index in [1.54, 1.807) is 58.0 Å². The number of carbonyl (C=O) groups is 2. The van der Waals surface area contributed by atoms with Gasteiger partial charge in [-0.1, -0.05) is 18.2 Å². The Labute approximate surface area is 153 Å². The summed E-state index contributed by atoms with van der Waals surface area (Å²) in [5.74, 6) is -1.11. The van der Waals surface area contributed by atoms with Gasteiger partial charge in [0.15, 0.2) is 18.5 Å². The molecule has 5 atom stereocenters. The molecule has 0 bridgehead atoms. The smallest absolute Gasteiger partial charge is 0.338 e. The van der Waals surface area contributed by atoms with Crippen LogP contribution in [0.1, 0.15) is 38.1 Å². The van der Waals surface area contributed by atoms with E-state index in [-0.39, 0.29) is 0 Å². The van der Waals surface area contributed by atoms with E-state index in [0.29, 0.717) is 5.56 Å². The Morgan fingerprint density at radius 3 is 2.23 bits per heavy atom. The first kappa shape index (κ1) is 20.4. The van der Waals surface area contributed by atoms with Crippen molar-refractivity contribution in [3.8, 4) is 0 Å². The zero-order valence-electron chi connectivity index (χ0n) is 15.7. The van der Waals surface area contributed by atoms with E-state index in [4.69, 9.17) is 18.9 Å². The molecule has 0 aromatic heterocycles. The Bertz CT molecular complexity index is 623. The monoisotopic (exact) mass is 366 g/mol. The summed E-state index contributed by atoms with van der Waals surface area (Å²) < 4.78 is 21.7. The first-order chi connectivity index (χ1) is 12.1. The molecule has 1 saturated heterocycles. The Kier molecular flexibility index (Phi) is 6.39. The number of rotatable bonds is 4. The van der Waals surface area contributed by atoms with Crippen molar-refractivity contribution in [1.82, 2.24) is 0 Å². The molecule has 1 aromatic rings. The molecule has 0 aliphatic carbocycles. The SMILES string of the molecule is CO[C@@H]1O[C@@H](C)[C@H](OC(=O)c2ccccc2)[C@@H](O)[C@H]1OC(=O)C(C)(C)C. The van der Waals surface area contributed by atoms with Crippen molar-refractivity contribution in [3.05, 3.63) is 35.9 Å². The van der Waals surface area contributed by atoms with Gasteiger partial charge in [0, 0.05) is 7.11 Å². The number of aliphatic hydroxyl groups is 1. The maximum atomic E-state index is 12.3. The van der Waals surface area contributed by atoms with Gasteiger partial charge in [0.25, 0.3) is 0 Å². The minimum atomic E-state index is -1.29. The number of methoxy groups -OCH3 is 1. The second-order valence-corrected chi connectivity index (χ2v) is 7.29. The summed E-state index contributed by atoms with van der Waals surface area (Å²) in [6.07, 6.45) is -5.02. The zero-order chi connectivity index (χ0) is 19.5. The summed E-state index contributed by atoms with van der Waals surface area (Å²) in [4.78, 5) is 24.5. The third-order valence-electron chi connectivity index (χ3n) is 4.09. The third-order valence-corrected chi connectivity index (χ3v) is 4.09. The van der Waals surface area contributed by atoms with E-state index in [1.807, 2.05) is 0 Å². The van der Waals surface area contributed by atoms with Crippen molar-refractivity contribution in [2.75, 3.05) is 7.11 Å². The summed E-state index contributed by atoms with van der Waals surface area (Å²) in [5, 5.41) is 10.7. The van der Waals surface area contributed by atoms with Gasteiger partial charge < -0.3 is 24.1 Å². The number of carbonyl (C=O) groups excluding carboxylic acids is 2. The van der Waals surface area contributed by atoms with Crippen LogP contribution in [0.2, 0.25) is 0 Å². The molecule has 1 fully saturated rings. The van der Waals surface area contributed by atoms with E-state index in [9.17, 15) is 14.7 Å². The van der Waals surface area contributed by atoms with E-state index in [1.165, 1.54) is 7.11 Å². The number of aliphatic hydroxyl groups excluding tert-OH is 1. The third kappa shape index (κ3) is 4.60. The lowest BCUT2D eigenvalue weighted by Gasteiger charge is -2.42. The van der Waals surface area contributed by atoms with Crippen LogP contribution < -0.4 is 0 Å². The van der Waals surface area contributed by atoms with E-state index in [0.717, 1.165) is 0 Å². The first-order valence-corrected chi connectivity index (χ1v) is 8.48. The average molecular weight is 366 g/mol. The van der Waals surface area contributed by atoms with Crippen LogP contribution >= 0.6 is 0 Å². The minimum Gasteiger partial charge on any atom is -0.454 e. The Hall–Kier alpha value is -1.96. The van der Waals surface area contributed by atoms with Crippen LogP contribution in [0.4, 0.5) is 0 Å². The number of ether oxygens (including phenoxy) is 4. The van der Waals surface area contributed by atoms with Crippen LogP contribution in [0.25, 0.3) is 0 Å². The fourth-order valence-corrected chi connectivity index (χ4v) is 2.54. The molecular weight excluding hydrogens is 340 g/mol. The highest BCUT2D eigenvalue weighted by Gasteiger charge is 2.49. The number of benzene rings is 1. The molecule has 0 unspecified atom stereocenters. The molecule has 0 spiro atoms. The largest absolute Gasteiger partial charge is 0.454 e. The van der Waals surface area contributed by atoms with Crippen LogP contribution in [0, 0.1) is 5.41 Å². The summed E-state index contributed by atoms with van der Waals surface area (Å²) in [6, 6.07) is 8.42. The highest BCUT2D eigenvalue weighted by Crippen LogP contribution is 2.29. The fourth-order valence-electron chi connectivity index (χ4n) is 2.54. The molecule has 0 radical (unpaired) electrons. The van der Waals surface area contributed by atoms with Gasteiger partial charge >= 0.3 is 11.9 Å². The van der Waals surface area contributed by atoms with Gasteiger partial charge in [0.1, 0.15) is 6.10 Å². The second-order valence-electron chi connectivity index (χ2n) is 7.29. The molecule has 0 amide bonds. The van der Waals surface area contributed by atoms with Crippen LogP contribution in [0.5, 0.6) is 0 Å². The highest BCUT2D eigenvalue weighted by molar-refractivity contribution is 5.89. The van der Waals surface area contributed by atoms with Crippen molar-refractivity contribution in [2.24, 2.45) is 5.41 Å². The van der Waals surface area contributed by atoms with Crippen molar-refractivity contribution in [1.29, 1.82) is 0 Å². The first-order valence-electron chi connectivity index (χ1n) is 8.48. The second kappa shape index (κ2) is 8.16. The number of hydrogen-bond donors (Lipinski definition) is 1. The van der Waals surface area contributed by atoms with Gasteiger partial charge in [-0.25, -0.2) is 4.79 Å². The van der Waals surface area contributed by atoms with Crippen molar-refractivity contribution < 1.29 is 33.6 Å². The topological polar surface area (TPSA) is 91.3 Å². The van der Waals surface area contributed by atoms with Crippen LogP contribution in [0.15, 0.2) is 30.3 Å². The highest BCUT2D eigenvalue weighted by atomic mass is 16.7. The lowest BCUT2D eigenvalue weighted by molar-refractivity contribution is -0.291. The molecule has 7 heteroatoms. The van der Waals surface area contributed by atoms with Gasteiger partial charge in [0.05, 0.1) is 17.1 Å². The van der Waals surface area contributed by atoms with E-state index >= 15 is 0 Å². The Balaban J connectivity index is 2.16. The van der Waals surface area contributed by atoms with Crippen LogP contribution in [0.3, 0.4) is 0 Å². The van der Waals surface area contributed by atoms with Gasteiger partial charge in [-0.3, -0.25) is 4.79 Å². The van der Waals surface area contributed by atoms with Crippen molar-refractivity contribution in [3.63, 3.8) is 0 Å². The predicted molar refractivity (Wildman–Crippen MR) is 92.3 cm³/mol. The van der Waals surface area contributed by atoms with E-state index in [2.05, 4.69) is 0 Å². The summed E-state index contributed by atoms with van der Waals surface area (Å²) >= 11 is 0. The number of hydrogen-bond acceptors (Lipinski definition) is 7. The number of esters is 2. The van der Waals surface area contributed by atoms with Crippen LogP contribution in [-0.2, 0) is 23.7 Å². The van der Waals surface area contributed by atoms with Gasteiger partial charge in [-0.15, -0.1) is 0 Å². The summed E-state index contributed by atoms with van der Waals surface area (Å²) in [5.41, 5.74) is -0.416. The Morgan fingerprint density at radius 1 is 1.08 bits per heavy atom. The predicted octanol–water partition coefficient (Wildman–Crippen LogP) is 1.92. The maximum Gasteiger partial charge on any atom is 0.338 e. The molecule has 26 heavy (non-hydrogen) atoms. The van der Waals surface area contributed by atoms with Crippen molar-refractivity contribution in [2.45, 2.75) is 58.4 Å². The Morgan fingerprint density at radius 2 is 1.69 bits per heavy atom. The average Bonchev–Trinajstić information content (AvgIpc) is 2.60. The molecule has 1 aliphatic rings. The molecule has 1 heterocycles. The molecule has 1 aromatic carbocycles. The molecular formula is C19H26O7. The van der Waals surface area contributed by atoms with Gasteiger partial charge in [-0.2, -0.15) is 0 Å². The quantitative estimate of drug-likeness (QED) is 0.814. The standard InChI is InChI=1S/C19H26O7/c1-11-14(25-16(21)12-9-7-6-8-10-12)13(20)15(17(23-5)24-11)26-18(22)19(2,3)4/h6-11,13-15,17,20H,1-5H3/t11-,13+,14-,15+,17+/m0/s1. The zero-order valence-corrected chi connectivity index (χ0v) is 15.7. The fraction of sp³-hybridized carbons (Fsp3) is 0.579. The lowest BCUT2D eigenvalue weighted by atomic mass is 9.95. The van der Waals surface area contributed by atoms with Gasteiger partial charge in [-0.05, 0) is 39.8 Å². The normalized spacial score (nSPS) is 29.1. The maximum absolute atomic E-state index is 12.3. The van der Waals surface area contributed by atoms with Gasteiger partial charge in [0.2, 0.25) is 0 Å². The summed E-state index contributed by atoms with van der Waals surface area (Å²) in [6.45, 7) is 6.74. The summed E-state index contributed by atoms with van der Waals surface area (Å²) in [7, 11) is 1.39. The minimum absolute atomic E-state index is 0.351. The van der Waals surface area contributed by atoms with Crippen LogP contribution in [-0.4, -0.2) is 54.9 Å². The molecule has 1 N–H and O–H groups in total. The lowest BCUT2D eigenvalue weighted by Crippen LogP contribution is -2.60. The van der Waals surface area contributed by atoms with Crippen molar-refractivity contribution >= 4 is 11.9 Å². The molecule has 7 nitrogen and oxygen atoms in total. The van der Waals surface area contributed by atoms with E-state index < -0.39 is 48.1 Å². The molecule has 144 valence electrons.